The van der Waals surface area contributed by atoms with Crippen LogP contribution in [0, 0.1) is 0 Å². The molecule has 0 aromatic heterocycles. The van der Waals surface area contributed by atoms with Crippen molar-refractivity contribution in [3.8, 4) is 0 Å². The van der Waals surface area contributed by atoms with E-state index in [-0.39, 0.29) is 12.8 Å². The van der Waals surface area contributed by atoms with Gasteiger partial charge in [-0.3, -0.25) is 18.6 Å². The smallest absolute Gasteiger partial charge is 0.472 e. The zero-order valence-electron chi connectivity index (χ0n) is 32.4. The summed E-state index contributed by atoms with van der Waals surface area (Å²) in [6, 6.07) is -1.55. The topological polar surface area (TPSA) is 169 Å². The molecule has 4 N–H and O–H groups in total. The van der Waals surface area contributed by atoms with Crippen molar-refractivity contribution < 1.29 is 47.8 Å². The molecule has 0 aliphatic rings. The number of esters is 1. The Kier molecular flexibility index (Phi) is 34.1. The number of ether oxygens (including phenoxy) is 1. The van der Waals surface area contributed by atoms with E-state index >= 15 is 0 Å². The van der Waals surface area contributed by atoms with Crippen LogP contribution in [0.3, 0.4) is 0 Å². The van der Waals surface area contributed by atoms with E-state index < -0.39 is 57.6 Å². The Morgan fingerprint density at radius 1 is 0.615 bits per heavy atom. The lowest BCUT2D eigenvalue weighted by Crippen LogP contribution is -2.43. The van der Waals surface area contributed by atoms with Gasteiger partial charge in [-0.05, 0) is 64.2 Å². The molecule has 0 fully saturated rings. The van der Waals surface area contributed by atoms with Gasteiger partial charge < -0.3 is 25.2 Å². The van der Waals surface area contributed by atoms with Crippen molar-refractivity contribution in [3.05, 3.63) is 36.5 Å². The number of hydrogen-bond acceptors (Lipinski definition) is 8. The first-order valence-electron chi connectivity index (χ1n) is 20.0. The minimum Gasteiger partial charge on any atom is -0.480 e. The molecule has 1 amide bonds. The number of carboxylic acid groups (broad SMARTS) is 1. The van der Waals surface area contributed by atoms with Gasteiger partial charge in [0.15, 0.2) is 6.04 Å². The van der Waals surface area contributed by atoms with Gasteiger partial charge >= 0.3 is 19.8 Å². The third-order valence-electron chi connectivity index (χ3n) is 8.40. The van der Waals surface area contributed by atoms with Crippen LogP contribution in [0.2, 0.25) is 0 Å². The summed E-state index contributed by atoms with van der Waals surface area (Å²) in [5, 5.41) is 21.7. The fourth-order valence-electron chi connectivity index (χ4n) is 5.21. The summed E-state index contributed by atoms with van der Waals surface area (Å²) < 4.78 is 26.7. The van der Waals surface area contributed by atoms with Crippen molar-refractivity contribution in [2.24, 2.45) is 0 Å². The van der Waals surface area contributed by atoms with Gasteiger partial charge in [-0.25, -0.2) is 9.36 Å². The predicted octanol–water partition coefficient (Wildman–Crippen LogP) is 9.66. The Morgan fingerprint density at radius 3 is 1.63 bits per heavy atom. The second-order valence-corrected chi connectivity index (χ2v) is 14.9. The van der Waals surface area contributed by atoms with E-state index in [1.54, 1.807) is 0 Å². The van der Waals surface area contributed by atoms with E-state index in [2.05, 4.69) is 55.6 Å². The van der Waals surface area contributed by atoms with E-state index in [1.807, 2.05) is 0 Å². The van der Waals surface area contributed by atoms with Crippen molar-refractivity contribution >= 4 is 25.7 Å². The van der Waals surface area contributed by atoms with Crippen LogP contribution in [0.15, 0.2) is 36.5 Å². The Morgan fingerprint density at radius 2 is 1.08 bits per heavy atom. The number of aliphatic hydroxyl groups excluding tert-OH is 1. The molecule has 12 heteroatoms. The molecule has 0 saturated heterocycles. The first-order chi connectivity index (χ1) is 25.1. The average Bonchev–Trinajstić information content (AvgIpc) is 3.11. The minimum atomic E-state index is -4.75. The maximum absolute atomic E-state index is 12.2. The molecule has 0 radical (unpaired) electrons. The number of allylic oxidation sites excluding steroid dienone is 6. The maximum Gasteiger partial charge on any atom is 0.472 e. The van der Waals surface area contributed by atoms with Gasteiger partial charge in [0, 0.05) is 12.8 Å². The van der Waals surface area contributed by atoms with Crippen molar-refractivity contribution in [2.75, 3.05) is 19.8 Å². The van der Waals surface area contributed by atoms with Gasteiger partial charge in [-0.15, -0.1) is 0 Å². The molecule has 0 heterocycles. The van der Waals surface area contributed by atoms with Crippen LogP contribution >= 0.6 is 7.82 Å². The number of phosphoric ester groups is 1. The van der Waals surface area contributed by atoms with Crippen molar-refractivity contribution in [1.82, 2.24) is 5.32 Å². The third-order valence-corrected chi connectivity index (χ3v) is 9.35. The van der Waals surface area contributed by atoms with Gasteiger partial charge in [-0.2, -0.15) is 0 Å². The van der Waals surface area contributed by atoms with E-state index in [1.165, 1.54) is 57.8 Å². The molecule has 3 unspecified atom stereocenters. The maximum atomic E-state index is 12.2. The summed E-state index contributed by atoms with van der Waals surface area (Å²) in [6.45, 7) is 2.49. The average molecular weight is 758 g/mol. The van der Waals surface area contributed by atoms with Crippen LogP contribution < -0.4 is 5.32 Å². The van der Waals surface area contributed by atoms with E-state index in [0.717, 1.165) is 70.6 Å². The molecule has 0 aromatic carbocycles. The molecule has 11 nitrogen and oxygen atoms in total. The number of phosphoric acid groups is 1. The zero-order chi connectivity index (χ0) is 38.5. The Bertz CT molecular complexity index is 1030. The number of unbranched alkanes of at least 4 members (excludes halogenated alkanes) is 17. The summed E-state index contributed by atoms with van der Waals surface area (Å²) in [5.74, 6) is -2.40. The number of carbonyl (C=O) groups is 3. The number of aliphatic carboxylic acids is 1. The minimum absolute atomic E-state index is 0.134. The normalized spacial score (nSPS) is 14.2. The van der Waals surface area contributed by atoms with Crippen LogP contribution in [-0.4, -0.2) is 64.9 Å². The highest BCUT2D eigenvalue weighted by atomic mass is 31.2. The van der Waals surface area contributed by atoms with E-state index in [0.29, 0.717) is 12.8 Å². The Hall–Kier alpha value is -2.30. The lowest BCUT2D eigenvalue weighted by Gasteiger charge is -2.18. The van der Waals surface area contributed by atoms with Crippen LogP contribution in [0.5, 0.6) is 0 Å². The second-order valence-electron chi connectivity index (χ2n) is 13.5. The number of aliphatic hydroxyl groups is 1. The highest BCUT2D eigenvalue weighted by molar-refractivity contribution is 7.47. The van der Waals surface area contributed by atoms with Crippen LogP contribution in [-0.2, 0) is 32.7 Å². The van der Waals surface area contributed by atoms with Gasteiger partial charge in [0.25, 0.3) is 0 Å². The number of amides is 1. The number of carbonyl (C=O) groups excluding carboxylic acids is 2. The fourth-order valence-corrected chi connectivity index (χ4v) is 5.98. The zero-order valence-corrected chi connectivity index (χ0v) is 33.3. The second kappa shape index (κ2) is 35.7. The first kappa shape index (κ1) is 49.7. The summed E-state index contributed by atoms with van der Waals surface area (Å²) >= 11 is 0. The monoisotopic (exact) mass is 757 g/mol. The molecule has 0 aromatic rings. The van der Waals surface area contributed by atoms with Crippen LogP contribution in [0.4, 0.5) is 0 Å². The van der Waals surface area contributed by atoms with Crippen molar-refractivity contribution in [1.29, 1.82) is 0 Å². The molecular weight excluding hydrogens is 685 g/mol. The molecule has 0 rings (SSSR count). The summed E-state index contributed by atoms with van der Waals surface area (Å²) in [7, 11) is -4.75. The Balaban J connectivity index is 3.94. The van der Waals surface area contributed by atoms with Gasteiger partial charge in [0.05, 0.1) is 13.2 Å². The largest absolute Gasteiger partial charge is 0.480 e. The van der Waals surface area contributed by atoms with Crippen molar-refractivity contribution in [3.63, 3.8) is 0 Å². The van der Waals surface area contributed by atoms with Gasteiger partial charge in [0.2, 0.25) is 5.91 Å². The van der Waals surface area contributed by atoms with E-state index in [4.69, 9.17) is 13.8 Å². The fraction of sp³-hybridized carbons (Fsp3) is 0.775. The summed E-state index contributed by atoms with van der Waals surface area (Å²) in [5.41, 5.74) is 0. The molecule has 52 heavy (non-hydrogen) atoms. The predicted molar refractivity (Wildman–Crippen MR) is 208 cm³/mol. The standard InChI is InChI=1S/C40H72NO10P/c1-3-5-7-9-11-13-15-16-17-18-19-20-22-24-26-28-30-32-39(44)49-33-36(42)34-50-52(47,48)51-35-37(40(45)46)41-38(43)31-29-27-25-23-21-14-12-10-8-6-4-2/h10-13,16-17,36-37,42H,3-9,14-15,18-35H2,1-2H3,(H,41,43)(H,45,46)(H,47,48)/b12-10-,13-11-,17-16-. The molecule has 0 aliphatic heterocycles. The number of nitrogens with one attached hydrogen (secondary N) is 1. The number of hydrogen-bond donors (Lipinski definition) is 4. The van der Waals surface area contributed by atoms with Gasteiger partial charge in [-0.1, -0.05) is 127 Å². The molecule has 0 saturated carbocycles. The Labute approximate surface area is 314 Å². The molecule has 0 aliphatic carbocycles. The van der Waals surface area contributed by atoms with E-state index in [9.17, 15) is 34.1 Å². The van der Waals surface area contributed by atoms with Crippen LogP contribution in [0.1, 0.15) is 168 Å². The highest BCUT2D eigenvalue weighted by Crippen LogP contribution is 2.43. The molecule has 3 atom stereocenters. The summed E-state index contributed by atoms with van der Waals surface area (Å²) in [4.78, 5) is 45.7. The highest BCUT2D eigenvalue weighted by Gasteiger charge is 2.28. The number of carboxylic acids is 1. The summed E-state index contributed by atoms with van der Waals surface area (Å²) in [6.07, 6.45) is 36.0. The first-order valence-corrected chi connectivity index (χ1v) is 21.5. The van der Waals surface area contributed by atoms with Crippen molar-refractivity contribution in [2.45, 2.75) is 180 Å². The lowest BCUT2D eigenvalue weighted by atomic mass is 10.1. The molecule has 0 spiro atoms. The quantitative estimate of drug-likeness (QED) is 0.0207. The lowest BCUT2D eigenvalue weighted by molar-refractivity contribution is -0.147. The van der Waals surface area contributed by atoms with Crippen LogP contribution in [0.25, 0.3) is 0 Å². The SMILES string of the molecule is CCCC/C=C\CCCCCCCC(=O)NC(COP(=O)(O)OCC(O)COC(=O)CCCCCCCCC/C=C\C/C=C\CCCCC)C(=O)O. The molecular formula is C40H72NO10P. The van der Waals surface area contributed by atoms with Gasteiger partial charge in [0.1, 0.15) is 12.7 Å². The third kappa shape index (κ3) is 34.8. The molecule has 302 valence electrons. The molecule has 0 bridgehead atoms. The number of rotatable bonds is 37.